The van der Waals surface area contributed by atoms with Crippen molar-refractivity contribution in [3.05, 3.63) is 34.9 Å². The molecule has 2 heterocycles. The van der Waals surface area contributed by atoms with Gasteiger partial charge in [0, 0.05) is 23.3 Å². The summed E-state index contributed by atoms with van der Waals surface area (Å²) in [5, 5.41) is 3.28. The van der Waals surface area contributed by atoms with E-state index in [9.17, 15) is 0 Å². The van der Waals surface area contributed by atoms with Crippen LogP contribution in [0.1, 0.15) is 17.8 Å². The van der Waals surface area contributed by atoms with Crippen LogP contribution < -0.4 is 5.73 Å². The van der Waals surface area contributed by atoms with Crippen molar-refractivity contribution in [2.75, 3.05) is 6.54 Å². The van der Waals surface area contributed by atoms with E-state index in [-0.39, 0.29) is 24.8 Å². The lowest BCUT2D eigenvalue weighted by molar-refractivity contribution is 0.742. The summed E-state index contributed by atoms with van der Waals surface area (Å²) in [7, 11) is 0. The Balaban J connectivity index is 0.00000144. The molecular weight excluding hydrogens is 289 g/mol. The molecule has 0 saturated carbocycles. The van der Waals surface area contributed by atoms with E-state index in [0.717, 1.165) is 37.1 Å². The monoisotopic (exact) mass is 305 g/mol. The van der Waals surface area contributed by atoms with Crippen molar-refractivity contribution in [2.45, 2.75) is 19.3 Å². The second kappa shape index (κ2) is 9.28. The average Bonchev–Trinajstić information content (AvgIpc) is 2.79. The lowest BCUT2D eigenvalue weighted by Gasteiger charge is -1.95. The van der Waals surface area contributed by atoms with Gasteiger partial charge in [0.2, 0.25) is 0 Å². The third-order valence-corrected chi connectivity index (χ3v) is 3.26. The van der Waals surface area contributed by atoms with Crippen LogP contribution >= 0.6 is 36.2 Å². The molecule has 0 unspecified atom stereocenters. The highest BCUT2D eigenvalue weighted by atomic mass is 35.5. The predicted octanol–water partition coefficient (Wildman–Crippen LogP) is 3.33. The zero-order chi connectivity index (χ0) is 11.2. The van der Waals surface area contributed by atoms with E-state index >= 15 is 0 Å². The van der Waals surface area contributed by atoms with Gasteiger partial charge in [-0.3, -0.25) is 4.98 Å². The number of hydrogen-bond donors (Lipinski definition) is 1. The molecule has 2 aromatic rings. The number of nitrogens with two attached hydrogens (primary N) is 1. The standard InChI is InChI=1S/C12H15N3S.2ClH/c13-6-2-1-5-12-15-11(9-16-12)10-4-3-7-14-8-10;;/h3-4,7-9H,1-2,5-6,13H2;2*1H. The number of hydrogen-bond acceptors (Lipinski definition) is 4. The van der Waals surface area contributed by atoms with Crippen molar-refractivity contribution in [2.24, 2.45) is 5.73 Å². The van der Waals surface area contributed by atoms with Crippen molar-refractivity contribution in [3.8, 4) is 11.3 Å². The number of nitrogens with zero attached hydrogens (tertiary/aromatic N) is 2. The molecule has 0 amide bonds. The molecule has 0 saturated heterocycles. The van der Waals surface area contributed by atoms with Crippen molar-refractivity contribution in [1.29, 1.82) is 0 Å². The maximum atomic E-state index is 5.46. The molecule has 0 fully saturated rings. The molecule has 18 heavy (non-hydrogen) atoms. The average molecular weight is 306 g/mol. The topological polar surface area (TPSA) is 51.8 Å². The zero-order valence-corrected chi connectivity index (χ0v) is 12.4. The highest BCUT2D eigenvalue weighted by molar-refractivity contribution is 7.09. The Morgan fingerprint density at radius 2 is 2.06 bits per heavy atom. The molecule has 0 spiro atoms. The van der Waals surface area contributed by atoms with Crippen LogP contribution in [-0.4, -0.2) is 16.5 Å². The van der Waals surface area contributed by atoms with Gasteiger partial charge in [-0.05, 0) is 37.9 Å². The molecule has 0 aliphatic carbocycles. The first kappa shape index (κ1) is 17.3. The van der Waals surface area contributed by atoms with E-state index in [4.69, 9.17) is 5.73 Å². The van der Waals surface area contributed by atoms with Crippen LogP contribution in [-0.2, 0) is 6.42 Å². The second-order valence-corrected chi connectivity index (χ2v) is 4.56. The van der Waals surface area contributed by atoms with E-state index < -0.39 is 0 Å². The number of thiazole rings is 1. The van der Waals surface area contributed by atoms with E-state index in [1.807, 2.05) is 18.3 Å². The molecule has 6 heteroatoms. The molecule has 0 aliphatic heterocycles. The molecule has 2 N–H and O–H groups in total. The maximum Gasteiger partial charge on any atom is 0.0932 e. The normalized spacial score (nSPS) is 9.39. The first-order chi connectivity index (χ1) is 7.90. The smallest absolute Gasteiger partial charge is 0.0932 e. The van der Waals surface area contributed by atoms with Gasteiger partial charge in [-0.25, -0.2) is 4.98 Å². The van der Waals surface area contributed by atoms with Gasteiger partial charge in [-0.1, -0.05) is 0 Å². The Bertz CT molecular complexity index is 434. The summed E-state index contributed by atoms with van der Waals surface area (Å²) in [6, 6.07) is 3.97. The Morgan fingerprint density at radius 3 is 2.72 bits per heavy atom. The lowest BCUT2D eigenvalue weighted by Crippen LogP contribution is -1.98. The van der Waals surface area contributed by atoms with E-state index in [0.29, 0.717) is 0 Å². The Kier molecular flexibility index (Phi) is 8.93. The Labute approximate surface area is 124 Å². The molecule has 0 atom stereocenters. The molecule has 3 nitrogen and oxygen atoms in total. The van der Waals surface area contributed by atoms with Gasteiger partial charge in [-0.2, -0.15) is 0 Å². The Hall–Kier alpha value is -0.680. The van der Waals surface area contributed by atoms with Gasteiger partial charge < -0.3 is 5.73 Å². The molecule has 2 aromatic heterocycles. The second-order valence-electron chi connectivity index (χ2n) is 3.61. The highest BCUT2D eigenvalue weighted by Gasteiger charge is 2.03. The van der Waals surface area contributed by atoms with Crippen molar-refractivity contribution >= 4 is 36.2 Å². The Morgan fingerprint density at radius 1 is 1.22 bits per heavy atom. The van der Waals surface area contributed by atoms with Crippen molar-refractivity contribution in [1.82, 2.24) is 9.97 Å². The summed E-state index contributed by atoms with van der Waals surface area (Å²) in [5.41, 5.74) is 7.58. The summed E-state index contributed by atoms with van der Waals surface area (Å²) in [5.74, 6) is 0. The molecular formula is C12H17Cl2N3S. The first-order valence-electron chi connectivity index (χ1n) is 5.45. The SMILES string of the molecule is Cl.Cl.NCCCCc1nc(-c2cccnc2)cs1. The molecule has 2 rings (SSSR count). The number of aryl methyl sites for hydroxylation is 1. The molecule has 100 valence electrons. The largest absolute Gasteiger partial charge is 0.330 e. The molecule has 0 bridgehead atoms. The number of rotatable bonds is 5. The van der Waals surface area contributed by atoms with Crippen molar-refractivity contribution < 1.29 is 0 Å². The number of aromatic nitrogens is 2. The van der Waals surface area contributed by atoms with Crippen LogP contribution in [0.4, 0.5) is 0 Å². The van der Waals surface area contributed by atoms with E-state index in [2.05, 4.69) is 15.3 Å². The van der Waals surface area contributed by atoms with Gasteiger partial charge >= 0.3 is 0 Å². The number of pyridine rings is 1. The van der Waals surface area contributed by atoms with Crippen LogP contribution in [0, 0.1) is 0 Å². The quantitative estimate of drug-likeness (QED) is 0.862. The fourth-order valence-corrected chi connectivity index (χ4v) is 2.34. The summed E-state index contributed by atoms with van der Waals surface area (Å²) >= 11 is 1.72. The number of unbranched alkanes of at least 4 members (excludes halogenated alkanes) is 1. The van der Waals surface area contributed by atoms with E-state index in [1.54, 1.807) is 17.5 Å². The summed E-state index contributed by atoms with van der Waals surface area (Å²) in [6.07, 6.45) is 6.84. The third-order valence-electron chi connectivity index (χ3n) is 2.35. The summed E-state index contributed by atoms with van der Waals surface area (Å²) < 4.78 is 0. The van der Waals surface area contributed by atoms with Crippen LogP contribution in [0.15, 0.2) is 29.9 Å². The van der Waals surface area contributed by atoms with Crippen LogP contribution in [0.3, 0.4) is 0 Å². The van der Waals surface area contributed by atoms with Crippen molar-refractivity contribution in [3.63, 3.8) is 0 Å². The summed E-state index contributed by atoms with van der Waals surface area (Å²) in [4.78, 5) is 8.68. The zero-order valence-electron chi connectivity index (χ0n) is 9.91. The van der Waals surface area contributed by atoms with Gasteiger partial charge in [0.25, 0.3) is 0 Å². The lowest BCUT2D eigenvalue weighted by atomic mass is 10.2. The highest BCUT2D eigenvalue weighted by Crippen LogP contribution is 2.21. The fraction of sp³-hybridized carbons (Fsp3) is 0.333. The maximum absolute atomic E-state index is 5.46. The van der Waals surface area contributed by atoms with Crippen LogP contribution in [0.5, 0.6) is 0 Å². The minimum atomic E-state index is 0. The fourth-order valence-electron chi connectivity index (χ4n) is 1.49. The van der Waals surface area contributed by atoms with Gasteiger partial charge in [0.15, 0.2) is 0 Å². The third kappa shape index (κ3) is 4.90. The summed E-state index contributed by atoms with van der Waals surface area (Å²) in [6.45, 7) is 0.765. The van der Waals surface area contributed by atoms with Gasteiger partial charge in [0.1, 0.15) is 0 Å². The van der Waals surface area contributed by atoms with Gasteiger partial charge in [0.05, 0.1) is 10.7 Å². The molecule has 0 radical (unpaired) electrons. The predicted molar refractivity (Wildman–Crippen MR) is 81.8 cm³/mol. The molecule has 0 aliphatic rings. The van der Waals surface area contributed by atoms with E-state index in [1.165, 1.54) is 5.01 Å². The number of halogens is 2. The minimum Gasteiger partial charge on any atom is -0.330 e. The van der Waals surface area contributed by atoms with Crippen LogP contribution in [0.25, 0.3) is 11.3 Å². The van der Waals surface area contributed by atoms with Gasteiger partial charge in [-0.15, -0.1) is 36.2 Å². The molecule has 0 aromatic carbocycles. The van der Waals surface area contributed by atoms with Crippen LogP contribution in [0.2, 0.25) is 0 Å². The minimum absolute atomic E-state index is 0. The first-order valence-corrected chi connectivity index (χ1v) is 6.33.